The van der Waals surface area contributed by atoms with Crippen LogP contribution >= 0.6 is 0 Å². The minimum Gasteiger partial charge on any atom is -0.455 e. The van der Waals surface area contributed by atoms with Gasteiger partial charge < -0.3 is 9.47 Å². The van der Waals surface area contributed by atoms with Crippen molar-refractivity contribution in [2.75, 3.05) is 6.61 Å². The molecule has 0 spiro atoms. The van der Waals surface area contributed by atoms with Crippen molar-refractivity contribution in [2.45, 2.75) is 26.6 Å². The van der Waals surface area contributed by atoms with Crippen molar-refractivity contribution in [2.24, 2.45) is 5.92 Å². The van der Waals surface area contributed by atoms with Crippen molar-refractivity contribution in [1.82, 2.24) is 0 Å². The summed E-state index contributed by atoms with van der Waals surface area (Å²) >= 11 is 0. The van der Waals surface area contributed by atoms with Gasteiger partial charge in [-0.2, -0.15) is 5.26 Å². The van der Waals surface area contributed by atoms with E-state index in [1.165, 1.54) is 0 Å². The molecule has 0 aromatic heterocycles. The molecule has 1 rings (SSSR count). The molecule has 0 aromatic carbocycles. The number of rotatable bonds is 2. The lowest BCUT2D eigenvalue weighted by atomic mass is 10.0. The zero-order valence-electron chi connectivity index (χ0n) is 7.41. The first kappa shape index (κ1) is 9.08. The zero-order valence-corrected chi connectivity index (χ0v) is 7.41. The van der Waals surface area contributed by atoms with E-state index in [2.05, 4.69) is 0 Å². The predicted octanol–water partition coefficient (Wildman–Crippen LogP) is 1.81. The van der Waals surface area contributed by atoms with Gasteiger partial charge in [0, 0.05) is 13.0 Å². The number of hydrogen-bond donors (Lipinski definition) is 0. The minimum atomic E-state index is -0.232. The molecular weight excluding hydrogens is 154 g/mol. The Labute approximate surface area is 72.6 Å². The van der Waals surface area contributed by atoms with Crippen LogP contribution in [0.1, 0.15) is 20.3 Å². The molecular formula is C9H13NO2. The summed E-state index contributed by atoms with van der Waals surface area (Å²) < 4.78 is 10.5. The maximum Gasteiger partial charge on any atom is 0.201 e. The Hall–Kier alpha value is -1.01. The van der Waals surface area contributed by atoms with Gasteiger partial charge in [-0.15, -0.1) is 0 Å². The third-order valence-corrected chi connectivity index (χ3v) is 1.72. The number of ether oxygens (including phenoxy) is 2. The highest BCUT2D eigenvalue weighted by atomic mass is 16.7. The summed E-state index contributed by atoms with van der Waals surface area (Å²) in [5.41, 5.74) is 0. The highest BCUT2D eigenvalue weighted by Crippen LogP contribution is 2.21. The molecule has 66 valence electrons. The quantitative estimate of drug-likeness (QED) is 0.630. The normalized spacial score (nSPS) is 28.6. The van der Waals surface area contributed by atoms with E-state index in [0.29, 0.717) is 18.3 Å². The molecule has 0 fully saturated rings. The van der Waals surface area contributed by atoms with Crippen LogP contribution in [0, 0.1) is 17.2 Å². The Kier molecular flexibility index (Phi) is 3.12. The van der Waals surface area contributed by atoms with Crippen LogP contribution in [0.3, 0.4) is 0 Å². The fraction of sp³-hybridized carbons (Fsp3) is 0.667. The van der Waals surface area contributed by atoms with Gasteiger partial charge in [0.25, 0.3) is 0 Å². The fourth-order valence-corrected chi connectivity index (χ4v) is 1.21. The monoisotopic (exact) mass is 167 g/mol. The standard InChI is InChI=1S/C9H13NO2/c1-3-11-9-5-7(2)4-8(6-10)12-9/h4,7,9H,3,5H2,1-2H3/t7-,9+/m1/s1. The average Bonchev–Trinajstić information content (AvgIpc) is 2.04. The maximum absolute atomic E-state index is 8.60. The van der Waals surface area contributed by atoms with Crippen molar-refractivity contribution in [1.29, 1.82) is 5.26 Å². The van der Waals surface area contributed by atoms with Crippen molar-refractivity contribution >= 4 is 0 Å². The zero-order chi connectivity index (χ0) is 8.97. The van der Waals surface area contributed by atoms with Crippen molar-refractivity contribution in [3.63, 3.8) is 0 Å². The van der Waals surface area contributed by atoms with Crippen LogP contribution in [0.4, 0.5) is 0 Å². The van der Waals surface area contributed by atoms with Gasteiger partial charge in [-0.1, -0.05) is 6.92 Å². The largest absolute Gasteiger partial charge is 0.455 e. The molecule has 0 saturated carbocycles. The predicted molar refractivity (Wildman–Crippen MR) is 44.0 cm³/mol. The van der Waals surface area contributed by atoms with Crippen molar-refractivity contribution in [3.05, 3.63) is 11.8 Å². The van der Waals surface area contributed by atoms with Gasteiger partial charge in [0.05, 0.1) is 0 Å². The fourth-order valence-electron chi connectivity index (χ4n) is 1.21. The van der Waals surface area contributed by atoms with Gasteiger partial charge in [-0.05, 0) is 18.9 Å². The first-order valence-corrected chi connectivity index (χ1v) is 4.16. The number of allylic oxidation sites excluding steroid dienone is 2. The molecule has 0 amide bonds. The first-order chi connectivity index (χ1) is 5.76. The molecule has 0 radical (unpaired) electrons. The number of hydrogen-bond acceptors (Lipinski definition) is 3. The molecule has 0 N–H and O–H groups in total. The van der Waals surface area contributed by atoms with Crippen LogP contribution in [0.2, 0.25) is 0 Å². The van der Waals surface area contributed by atoms with E-state index in [-0.39, 0.29) is 6.29 Å². The Morgan fingerprint density at radius 2 is 2.58 bits per heavy atom. The summed E-state index contributed by atoms with van der Waals surface area (Å²) in [6, 6.07) is 1.98. The second-order valence-corrected chi connectivity index (χ2v) is 2.86. The van der Waals surface area contributed by atoms with Crippen LogP contribution in [-0.2, 0) is 9.47 Å². The smallest absolute Gasteiger partial charge is 0.201 e. The van der Waals surface area contributed by atoms with Gasteiger partial charge in [-0.25, -0.2) is 0 Å². The van der Waals surface area contributed by atoms with Gasteiger partial charge in [0.15, 0.2) is 5.76 Å². The molecule has 0 bridgehead atoms. The summed E-state index contributed by atoms with van der Waals surface area (Å²) in [5, 5.41) is 8.60. The lowest BCUT2D eigenvalue weighted by Gasteiger charge is -2.24. The van der Waals surface area contributed by atoms with Gasteiger partial charge in [-0.3, -0.25) is 0 Å². The van der Waals surface area contributed by atoms with Gasteiger partial charge >= 0.3 is 0 Å². The summed E-state index contributed by atoms with van der Waals surface area (Å²) in [6.45, 7) is 4.58. The van der Waals surface area contributed by atoms with Crippen LogP contribution in [0.5, 0.6) is 0 Å². The third kappa shape index (κ3) is 2.24. The van der Waals surface area contributed by atoms with Crippen LogP contribution in [0.15, 0.2) is 11.8 Å². The van der Waals surface area contributed by atoms with Crippen LogP contribution in [-0.4, -0.2) is 12.9 Å². The van der Waals surface area contributed by atoms with E-state index in [1.807, 2.05) is 26.0 Å². The Balaban J connectivity index is 2.55. The molecule has 0 saturated heterocycles. The highest BCUT2D eigenvalue weighted by Gasteiger charge is 2.20. The second-order valence-electron chi connectivity index (χ2n) is 2.86. The summed E-state index contributed by atoms with van der Waals surface area (Å²) in [6.07, 6.45) is 2.43. The van der Waals surface area contributed by atoms with Gasteiger partial charge in [0.1, 0.15) is 6.07 Å². The molecule has 3 heteroatoms. The molecule has 1 aliphatic rings. The lowest BCUT2D eigenvalue weighted by Crippen LogP contribution is -2.23. The average molecular weight is 167 g/mol. The molecule has 1 heterocycles. The van der Waals surface area contributed by atoms with Gasteiger partial charge in [0.2, 0.25) is 6.29 Å². The summed E-state index contributed by atoms with van der Waals surface area (Å²) in [5.74, 6) is 0.747. The number of nitrogens with zero attached hydrogens (tertiary/aromatic N) is 1. The van der Waals surface area contributed by atoms with E-state index in [0.717, 1.165) is 6.42 Å². The number of nitriles is 1. The van der Waals surface area contributed by atoms with E-state index in [1.54, 1.807) is 0 Å². The minimum absolute atomic E-state index is 0.232. The van der Waals surface area contributed by atoms with Crippen LogP contribution < -0.4 is 0 Å². The first-order valence-electron chi connectivity index (χ1n) is 4.16. The third-order valence-electron chi connectivity index (χ3n) is 1.72. The topological polar surface area (TPSA) is 42.2 Å². The van der Waals surface area contributed by atoms with E-state index in [4.69, 9.17) is 14.7 Å². The SMILES string of the molecule is CCO[C@@H]1C[C@H](C)C=C(C#N)O1. The molecule has 2 atom stereocenters. The second kappa shape index (κ2) is 4.13. The lowest BCUT2D eigenvalue weighted by molar-refractivity contribution is -0.124. The van der Waals surface area contributed by atoms with Crippen molar-refractivity contribution < 1.29 is 9.47 Å². The molecule has 0 aromatic rings. The highest BCUT2D eigenvalue weighted by molar-refractivity contribution is 5.16. The van der Waals surface area contributed by atoms with Crippen LogP contribution in [0.25, 0.3) is 0 Å². The van der Waals surface area contributed by atoms with Crippen molar-refractivity contribution in [3.8, 4) is 6.07 Å². The summed E-state index contributed by atoms with van der Waals surface area (Å²) in [7, 11) is 0. The molecule has 0 unspecified atom stereocenters. The van der Waals surface area contributed by atoms with E-state index >= 15 is 0 Å². The molecule has 1 aliphatic heterocycles. The summed E-state index contributed by atoms with van der Waals surface area (Å²) in [4.78, 5) is 0. The maximum atomic E-state index is 8.60. The van der Waals surface area contributed by atoms with E-state index in [9.17, 15) is 0 Å². The molecule has 3 nitrogen and oxygen atoms in total. The Morgan fingerprint density at radius 1 is 1.83 bits per heavy atom. The molecule has 12 heavy (non-hydrogen) atoms. The Morgan fingerprint density at radius 3 is 3.17 bits per heavy atom. The molecule has 0 aliphatic carbocycles. The van der Waals surface area contributed by atoms with E-state index < -0.39 is 0 Å². The Bertz CT molecular complexity index is 217.